The zero-order valence-electron chi connectivity index (χ0n) is 8.41. The van der Waals surface area contributed by atoms with Gasteiger partial charge in [-0.25, -0.2) is 11.4 Å². The second-order valence-electron chi connectivity index (χ2n) is 2.90. The van der Waals surface area contributed by atoms with Gasteiger partial charge in [0.15, 0.2) is 0 Å². The Labute approximate surface area is 91.4 Å². The number of hydrogen-bond donors (Lipinski definition) is 0. The number of nitro benzene ring substituents is 1. The summed E-state index contributed by atoms with van der Waals surface area (Å²) in [6.45, 7) is 6.86. The summed E-state index contributed by atoms with van der Waals surface area (Å²) in [6.07, 6.45) is 0. The average Bonchev–Trinajstić information content (AvgIpc) is 2.30. The van der Waals surface area contributed by atoms with Crippen molar-refractivity contribution in [2.24, 2.45) is 0 Å². The Morgan fingerprint density at radius 2 is 2.06 bits per heavy atom. The summed E-state index contributed by atoms with van der Waals surface area (Å²) in [5, 5.41) is 10.4. The van der Waals surface area contributed by atoms with Gasteiger partial charge in [0.05, 0.1) is 12.0 Å². The lowest BCUT2D eigenvalue weighted by atomic mass is 10.1. The lowest BCUT2D eigenvalue weighted by molar-refractivity contribution is -0.384. The number of non-ortho nitro benzene ring substituents is 1. The lowest BCUT2D eigenvalue weighted by Crippen LogP contribution is -2.10. The van der Waals surface area contributed by atoms with Crippen LogP contribution in [0.3, 0.4) is 0 Å². The molecule has 0 aliphatic carbocycles. The first-order valence-corrected chi connectivity index (χ1v) is 4.29. The minimum absolute atomic E-state index is 0.0858. The molecule has 0 aliphatic heterocycles. The number of nitro groups is 1. The van der Waals surface area contributed by atoms with Crippen molar-refractivity contribution >= 4 is 11.7 Å². The highest BCUT2D eigenvalue weighted by atomic mass is 16.6. The van der Waals surface area contributed by atoms with Gasteiger partial charge in [-0.3, -0.25) is 15.0 Å². The predicted octanol–water partition coefficient (Wildman–Crippen LogP) is 1.73. The highest BCUT2D eigenvalue weighted by Gasteiger charge is 2.27. The van der Waals surface area contributed by atoms with E-state index >= 15 is 0 Å². The summed E-state index contributed by atoms with van der Waals surface area (Å²) in [5.41, 5.74) is 0.296. The van der Waals surface area contributed by atoms with E-state index in [1.165, 1.54) is 31.4 Å². The van der Waals surface area contributed by atoms with Crippen LogP contribution in [0.5, 0.6) is 0 Å². The Bertz CT molecular complexity index is 447. The zero-order valence-corrected chi connectivity index (χ0v) is 8.41. The minimum Gasteiger partial charge on any atom is -0.463 e. The van der Waals surface area contributed by atoms with Crippen LogP contribution in [0.2, 0.25) is 0 Å². The maximum Gasteiger partial charge on any atom is 0.395 e. The van der Waals surface area contributed by atoms with Gasteiger partial charge in [0, 0.05) is 17.7 Å². The molecule has 0 aliphatic rings. The van der Waals surface area contributed by atoms with Crippen LogP contribution < -0.4 is 0 Å². The Balaban J connectivity index is 3.01. The second-order valence-corrected chi connectivity index (χ2v) is 2.90. The third kappa shape index (κ3) is 2.33. The van der Waals surface area contributed by atoms with Crippen molar-refractivity contribution in [3.63, 3.8) is 0 Å². The predicted molar refractivity (Wildman–Crippen MR) is 54.5 cm³/mol. The number of benzene rings is 1. The smallest absolute Gasteiger partial charge is 0.395 e. The summed E-state index contributed by atoms with van der Waals surface area (Å²) >= 11 is 0. The molecule has 82 valence electrons. The van der Waals surface area contributed by atoms with Crippen LogP contribution in [0.15, 0.2) is 24.3 Å². The summed E-state index contributed by atoms with van der Waals surface area (Å²) in [7, 11) is 1.19. The van der Waals surface area contributed by atoms with Crippen LogP contribution in [0.4, 0.5) is 5.69 Å². The third-order valence-electron chi connectivity index (χ3n) is 1.97. The van der Waals surface area contributed by atoms with E-state index in [1.54, 1.807) is 0 Å². The van der Waals surface area contributed by atoms with Crippen molar-refractivity contribution in [3.05, 3.63) is 51.4 Å². The number of esters is 1. The quantitative estimate of drug-likeness (QED) is 0.336. The van der Waals surface area contributed by atoms with Crippen LogP contribution >= 0.6 is 0 Å². The minimum atomic E-state index is -1.06. The third-order valence-corrected chi connectivity index (χ3v) is 1.97. The van der Waals surface area contributed by atoms with Gasteiger partial charge in [-0.15, -0.1) is 0 Å². The number of carbonyl (C=O) groups is 1. The van der Waals surface area contributed by atoms with Gasteiger partial charge in [-0.05, 0) is 12.1 Å². The lowest BCUT2D eigenvalue weighted by Gasteiger charge is -2.02. The van der Waals surface area contributed by atoms with E-state index in [2.05, 4.69) is 9.58 Å². The molecule has 0 saturated carbocycles. The first kappa shape index (κ1) is 11.7. The molecular weight excluding hydrogens is 212 g/mol. The number of rotatable bonds is 3. The molecule has 0 N–H and O–H groups in total. The molecule has 1 aromatic rings. The van der Waals surface area contributed by atoms with Gasteiger partial charge < -0.3 is 4.74 Å². The Morgan fingerprint density at radius 3 is 2.44 bits per heavy atom. The monoisotopic (exact) mass is 220 g/mol. The molecular formula is C10H8N2O4. The molecule has 0 fully saturated rings. The molecule has 0 aromatic heterocycles. The molecule has 0 heterocycles. The number of ether oxygens (including phenoxy) is 1. The Kier molecular flexibility index (Phi) is 3.56. The standard InChI is InChI=1S/C10H8N2O4/c1-11-9(10(13)16-2)7-3-5-8(6-4-7)12(14)15/h3-6,9H,2H3/t9-/m0/s1. The fourth-order valence-electron chi connectivity index (χ4n) is 1.15. The SMILES string of the molecule is [C-]#[N+][C@H](C(=O)OC)c1ccc([N+](=O)[O-])cc1. The van der Waals surface area contributed by atoms with E-state index in [0.29, 0.717) is 5.56 Å². The molecule has 0 radical (unpaired) electrons. The molecule has 0 saturated heterocycles. The number of hydrogen-bond acceptors (Lipinski definition) is 4. The van der Waals surface area contributed by atoms with Crippen LogP contribution in [0.1, 0.15) is 11.6 Å². The molecule has 16 heavy (non-hydrogen) atoms. The van der Waals surface area contributed by atoms with Gasteiger partial charge >= 0.3 is 12.0 Å². The van der Waals surface area contributed by atoms with E-state index in [9.17, 15) is 14.9 Å². The van der Waals surface area contributed by atoms with Crippen molar-refractivity contribution < 1.29 is 14.5 Å². The van der Waals surface area contributed by atoms with Gasteiger partial charge in [-0.2, -0.15) is 0 Å². The van der Waals surface area contributed by atoms with E-state index in [0.717, 1.165) is 0 Å². The van der Waals surface area contributed by atoms with Gasteiger partial charge in [-0.1, -0.05) is 0 Å². The fraction of sp³-hybridized carbons (Fsp3) is 0.200. The first-order chi connectivity index (χ1) is 7.60. The molecule has 1 atom stereocenters. The van der Waals surface area contributed by atoms with Crippen molar-refractivity contribution in [1.29, 1.82) is 0 Å². The van der Waals surface area contributed by atoms with Crippen molar-refractivity contribution in [1.82, 2.24) is 0 Å². The van der Waals surface area contributed by atoms with Crippen molar-refractivity contribution in [2.75, 3.05) is 7.11 Å². The zero-order chi connectivity index (χ0) is 12.1. The van der Waals surface area contributed by atoms with E-state index in [1.807, 2.05) is 0 Å². The molecule has 6 heteroatoms. The summed E-state index contributed by atoms with van der Waals surface area (Å²) in [6, 6.07) is 4.17. The molecule has 0 spiro atoms. The highest BCUT2D eigenvalue weighted by molar-refractivity contribution is 5.79. The van der Waals surface area contributed by atoms with Crippen LogP contribution in [0.25, 0.3) is 4.85 Å². The molecule has 1 rings (SSSR count). The van der Waals surface area contributed by atoms with E-state index < -0.39 is 16.9 Å². The molecule has 0 bridgehead atoms. The van der Waals surface area contributed by atoms with E-state index in [4.69, 9.17) is 6.57 Å². The highest BCUT2D eigenvalue weighted by Crippen LogP contribution is 2.21. The van der Waals surface area contributed by atoms with Crippen molar-refractivity contribution in [3.8, 4) is 0 Å². The molecule has 0 amide bonds. The number of methoxy groups -OCH3 is 1. The summed E-state index contributed by atoms with van der Waals surface area (Å²) in [5.74, 6) is -0.677. The van der Waals surface area contributed by atoms with Crippen LogP contribution in [-0.4, -0.2) is 18.0 Å². The normalized spacial score (nSPS) is 11.2. The van der Waals surface area contributed by atoms with Gasteiger partial charge in [0.25, 0.3) is 5.69 Å². The summed E-state index contributed by atoms with van der Waals surface area (Å²) in [4.78, 5) is 24.1. The maximum absolute atomic E-state index is 11.2. The summed E-state index contributed by atoms with van der Waals surface area (Å²) < 4.78 is 4.45. The molecule has 1 aromatic carbocycles. The van der Waals surface area contributed by atoms with Gasteiger partial charge in [0.2, 0.25) is 0 Å². The van der Waals surface area contributed by atoms with Gasteiger partial charge in [0.1, 0.15) is 0 Å². The number of nitrogens with zero attached hydrogens (tertiary/aromatic N) is 2. The second kappa shape index (κ2) is 4.89. The Morgan fingerprint density at radius 1 is 1.50 bits per heavy atom. The number of carbonyl (C=O) groups excluding carboxylic acids is 1. The molecule has 6 nitrogen and oxygen atoms in total. The van der Waals surface area contributed by atoms with Crippen molar-refractivity contribution in [2.45, 2.75) is 6.04 Å². The average molecular weight is 220 g/mol. The first-order valence-electron chi connectivity index (χ1n) is 4.29. The Hall–Kier alpha value is -2.42. The molecule has 0 unspecified atom stereocenters. The topological polar surface area (TPSA) is 73.8 Å². The maximum atomic E-state index is 11.2. The van der Waals surface area contributed by atoms with Crippen LogP contribution in [0, 0.1) is 16.7 Å². The largest absolute Gasteiger partial charge is 0.463 e. The fourth-order valence-corrected chi connectivity index (χ4v) is 1.15. The van der Waals surface area contributed by atoms with E-state index in [-0.39, 0.29) is 5.69 Å². The van der Waals surface area contributed by atoms with Crippen LogP contribution in [-0.2, 0) is 9.53 Å².